The lowest BCUT2D eigenvalue weighted by Gasteiger charge is -2.41. The zero-order valence-corrected chi connectivity index (χ0v) is 14.4. The van der Waals surface area contributed by atoms with Gasteiger partial charge in [0, 0.05) is 18.8 Å². The van der Waals surface area contributed by atoms with Crippen LogP contribution in [0, 0.1) is 5.82 Å². The number of hydrogen-bond donors (Lipinski definition) is 3. The maximum atomic E-state index is 12.9. The average Bonchev–Trinajstić information content (AvgIpc) is 2.60. The van der Waals surface area contributed by atoms with Crippen molar-refractivity contribution in [3.8, 4) is 5.75 Å². The first-order valence-electron chi connectivity index (χ1n) is 7.84. The largest absolute Gasteiger partial charge is 0.447 e. The van der Waals surface area contributed by atoms with Crippen molar-refractivity contribution in [1.82, 2.24) is 0 Å². The summed E-state index contributed by atoms with van der Waals surface area (Å²) in [6.45, 7) is 1.71. The molecule has 2 rings (SSSR count). The number of rotatable bonds is 6. The summed E-state index contributed by atoms with van der Waals surface area (Å²) in [6, 6.07) is 5.08. The van der Waals surface area contributed by atoms with Crippen LogP contribution < -0.4 is 4.74 Å². The quantitative estimate of drug-likeness (QED) is 0.626. The van der Waals surface area contributed by atoms with E-state index in [1.165, 1.54) is 24.3 Å². The fraction of sp³-hybridized carbons (Fsp3) is 0.562. The van der Waals surface area contributed by atoms with Crippen LogP contribution >= 0.6 is 12.2 Å². The number of aliphatic hydroxyl groups is 3. The van der Waals surface area contributed by atoms with Crippen molar-refractivity contribution in [2.75, 3.05) is 13.2 Å². The van der Waals surface area contributed by atoms with Gasteiger partial charge in [-0.05, 0) is 30.7 Å². The molecule has 1 fully saturated rings. The fourth-order valence-corrected chi connectivity index (χ4v) is 2.51. The molecule has 0 spiro atoms. The van der Waals surface area contributed by atoms with Crippen molar-refractivity contribution in [3.05, 3.63) is 30.1 Å². The molecule has 1 aromatic carbocycles. The zero-order valence-electron chi connectivity index (χ0n) is 13.6. The molecule has 1 heterocycles. The molecule has 0 radical (unpaired) electrons. The molecule has 9 heteroatoms. The molecule has 0 saturated carbocycles. The predicted molar refractivity (Wildman–Crippen MR) is 88.5 cm³/mol. The number of hydrogen-bond acceptors (Lipinski definition) is 8. The van der Waals surface area contributed by atoms with Gasteiger partial charge in [-0.2, -0.15) is 0 Å². The second-order valence-corrected chi connectivity index (χ2v) is 5.80. The summed E-state index contributed by atoms with van der Waals surface area (Å²) >= 11 is 4.95. The average molecular weight is 376 g/mol. The fourth-order valence-electron chi connectivity index (χ4n) is 2.30. The van der Waals surface area contributed by atoms with Crippen LogP contribution in [0.2, 0.25) is 0 Å². The Balaban J connectivity index is 2.02. The molecule has 0 unspecified atom stereocenters. The van der Waals surface area contributed by atoms with E-state index in [9.17, 15) is 19.7 Å². The molecule has 140 valence electrons. The smallest absolute Gasteiger partial charge is 0.358 e. The Kier molecular flexibility index (Phi) is 7.48. The first kappa shape index (κ1) is 20.0. The summed E-state index contributed by atoms with van der Waals surface area (Å²) in [5, 5.41) is 29.5. The normalized spacial score (nSPS) is 29.2. The van der Waals surface area contributed by atoms with Crippen LogP contribution in [0.15, 0.2) is 24.3 Å². The van der Waals surface area contributed by atoms with Gasteiger partial charge in [-0.15, -0.1) is 0 Å². The number of thiocarbonyl (C=S) groups is 1. The molecule has 0 bridgehead atoms. The van der Waals surface area contributed by atoms with Gasteiger partial charge in [-0.25, -0.2) is 4.39 Å². The standard InChI is InChI=1S/C16H21FO7S/c1-2-7-21-15-13(20)14(12(19)11(8-18)23-15)24-16(25)22-10-5-3-9(17)4-6-10/h3-6,11-15,18-20H,2,7-8H2,1H3/t11-,12-,13+,14+,15+/m1/s1. The highest BCUT2D eigenvalue weighted by Crippen LogP contribution is 2.25. The number of ether oxygens (including phenoxy) is 4. The van der Waals surface area contributed by atoms with Gasteiger partial charge in [0.25, 0.3) is 0 Å². The van der Waals surface area contributed by atoms with Crippen molar-refractivity contribution in [2.24, 2.45) is 0 Å². The van der Waals surface area contributed by atoms with Gasteiger partial charge in [-0.3, -0.25) is 0 Å². The third-order valence-corrected chi connectivity index (χ3v) is 3.73. The van der Waals surface area contributed by atoms with Crippen LogP contribution in [0.1, 0.15) is 13.3 Å². The molecule has 1 saturated heterocycles. The molecule has 25 heavy (non-hydrogen) atoms. The SMILES string of the molecule is CCCO[C@H]1O[C@H](CO)[C@@H](O)[C@H](OC(=S)Oc2ccc(F)cc2)[C@@H]1O. The van der Waals surface area contributed by atoms with Gasteiger partial charge in [0.15, 0.2) is 12.4 Å². The van der Waals surface area contributed by atoms with Crippen LogP contribution in [0.25, 0.3) is 0 Å². The first-order valence-corrected chi connectivity index (χ1v) is 8.25. The van der Waals surface area contributed by atoms with Crippen molar-refractivity contribution in [2.45, 2.75) is 44.1 Å². The Morgan fingerprint density at radius 1 is 1.24 bits per heavy atom. The van der Waals surface area contributed by atoms with Crippen molar-refractivity contribution in [1.29, 1.82) is 0 Å². The van der Waals surface area contributed by atoms with E-state index in [0.29, 0.717) is 13.0 Å². The van der Waals surface area contributed by atoms with E-state index in [1.54, 1.807) is 0 Å². The van der Waals surface area contributed by atoms with E-state index < -0.39 is 43.1 Å². The summed E-state index contributed by atoms with van der Waals surface area (Å²) < 4.78 is 34.2. The highest BCUT2D eigenvalue weighted by atomic mass is 32.1. The van der Waals surface area contributed by atoms with E-state index in [2.05, 4.69) is 0 Å². The Morgan fingerprint density at radius 2 is 1.92 bits per heavy atom. The van der Waals surface area contributed by atoms with Gasteiger partial charge in [-0.1, -0.05) is 6.92 Å². The highest BCUT2D eigenvalue weighted by molar-refractivity contribution is 7.79. The lowest BCUT2D eigenvalue weighted by atomic mass is 9.99. The predicted octanol–water partition coefficient (Wildman–Crippen LogP) is 0.740. The summed E-state index contributed by atoms with van der Waals surface area (Å²) in [4.78, 5) is 0. The number of aliphatic hydroxyl groups excluding tert-OH is 3. The molecular weight excluding hydrogens is 355 g/mol. The van der Waals surface area contributed by atoms with Crippen molar-refractivity contribution < 1.29 is 38.7 Å². The molecule has 0 aliphatic carbocycles. The number of benzene rings is 1. The Morgan fingerprint density at radius 3 is 2.52 bits per heavy atom. The summed E-state index contributed by atoms with van der Waals surface area (Å²) in [7, 11) is 0. The van der Waals surface area contributed by atoms with Crippen LogP contribution in [0.5, 0.6) is 5.75 Å². The maximum absolute atomic E-state index is 12.9. The molecule has 7 nitrogen and oxygen atoms in total. The van der Waals surface area contributed by atoms with Gasteiger partial charge in [0.05, 0.1) is 6.61 Å². The second kappa shape index (κ2) is 9.37. The third kappa shape index (κ3) is 5.30. The van der Waals surface area contributed by atoms with Gasteiger partial charge in [0.1, 0.15) is 29.9 Å². The van der Waals surface area contributed by atoms with E-state index in [-0.39, 0.29) is 11.0 Å². The lowest BCUT2D eigenvalue weighted by Crippen LogP contribution is -2.60. The van der Waals surface area contributed by atoms with Crippen LogP contribution in [-0.2, 0) is 14.2 Å². The number of halogens is 1. The van der Waals surface area contributed by atoms with E-state index in [0.717, 1.165) is 0 Å². The highest BCUT2D eigenvalue weighted by Gasteiger charge is 2.47. The molecule has 1 aliphatic heterocycles. The first-order chi connectivity index (χ1) is 12.0. The minimum absolute atomic E-state index is 0.236. The Hall–Kier alpha value is -1.36. The summed E-state index contributed by atoms with van der Waals surface area (Å²) in [5.41, 5.74) is 0. The Labute approximate surface area is 149 Å². The van der Waals surface area contributed by atoms with Gasteiger partial charge < -0.3 is 34.3 Å². The minimum atomic E-state index is -1.35. The topological polar surface area (TPSA) is 97.6 Å². The van der Waals surface area contributed by atoms with Crippen molar-refractivity contribution in [3.63, 3.8) is 0 Å². The summed E-state index contributed by atoms with van der Waals surface area (Å²) in [6.07, 6.45) is -5.32. The second-order valence-electron chi connectivity index (χ2n) is 5.47. The molecule has 0 aromatic heterocycles. The minimum Gasteiger partial charge on any atom is -0.447 e. The van der Waals surface area contributed by atoms with Crippen LogP contribution in [0.4, 0.5) is 4.39 Å². The molecule has 1 aromatic rings. The van der Waals surface area contributed by atoms with E-state index in [4.69, 9.17) is 31.2 Å². The third-order valence-electron chi connectivity index (χ3n) is 3.56. The molecule has 3 N–H and O–H groups in total. The zero-order chi connectivity index (χ0) is 18.4. The van der Waals surface area contributed by atoms with Crippen LogP contribution in [-0.4, -0.2) is 64.5 Å². The summed E-state index contributed by atoms with van der Waals surface area (Å²) in [5.74, 6) is -0.198. The molecule has 1 aliphatic rings. The monoisotopic (exact) mass is 376 g/mol. The lowest BCUT2D eigenvalue weighted by molar-refractivity contribution is -0.299. The molecule has 5 atom stereocenters. The Bertz CT molecular complexity index is 556. The maximum Gasteiger partial charge on any atom is 0.358 e. The van der Waals surface area contributed by atoms with Crippen LogP contribution in [0.3, 0.4) is 0 Å². The van der Waals surface area contributed by atoms with Gasteiger partial charge >= 0.3 is 5.24 Å². The molecular formula is C16H21FO7S. The van der Waals surface area contributed by atoms with Crippen molar-refractivity contribution >= 4 is 17.5 Å². The van der Waals surface area contributed by atoms with E-state index >= 15 is 0 Å². The van der Waals surface area contributed by atoms with Gasteiger partial charge in [0.2, 0.25) is 0 Å². The molecule has 0 amide bonds. The van der Waals surface area contributed by atoms with E-state index in [1.807, 2.05) is 6.92 Å².